The van der Waals surface area contributed by atoms with E-state index in [4.69, 9.17) is 0 Å². The highest BCUT2D eigenvalue weighted by atomic mass is 16.1. The molecule has 2 heterocycles. The Labute approximate surface area is 148 Å². The van der Waals surface area contributed by atoms with Crippen LogP contribution in [-0.2, 0) is 0 Å². The van der Waals surface area contributed by atoms with Gasteiger partial charge in [-0.2, -0.15) is 0 Å². The van der Waals surface area contributed by atoms with Crippen LogP contribution in [0, 0.1) is 13.8 Å². The van der Waals surface area contributed by atoms with Crippen LogP contribution < -0.4 is 5.32 Å². The lowest BCUT2D eigenvalue weighted by atomic mass is 10.1. The van der Waals surface area contributed by atoms with Crippen LogP contribution in [0.1, 0.15) is 40.3 Å². The second-order valence-corrected chi connectivity index (χ2v) is 6.15. The van der Waals surface area contributed by atoms with Crippen molar-refractivity contribution < 1.29 is 4.79 Å². The molecule has 0 aliphatic carbocycles. The van der Waals surface area contributed by atoms with Gasteiger partial charge >= 0.3 is 0 Å². The van der Waals surface area contributed by atoms with Crippen LogP contribution in [0.15, 0.2) is 60.8 Å². The SMILES string of the molecule is Cc1ccc(-c2ccc(C(=O)NC(C)c3ccccn3)c(C)n2)cc1. The van der Waals surface area contributed by atoms with Crippen molar-refractivity contribution in [2.24, 2.45) is 0 Å². The van der Waals surface area contributed by atoms with E-state index < -0.39 is 0 Å². The second-order valence-electron chi connectivity index (χ2n) is 6.15. The van der Waals surface area contributed by atoms with Gasteiger partial charge in [-0.3, -0.25) is 14.8 Å². The van der Waals surface area contributed by atoms with Crippen LogP contribution in [0.3, 0.4) is 0 Å². The summed E-state index contributed by atoms with van der Waals surface area (Å²) in [6.07, 6.45) is 1.72. The van der Waals surface area contributed by atoms with Crippen molar-refractivity contribution in [3.05, 3.63) is 83.3 Å². The van der Waals surface area contributed by atoms with Gasteiger partial charge in [-0.15, -0.1) is 0 Å². The number of carbonyl (C=O) groups is 1. The summed E-state index contributed by atoms with van der Waals surface area (Å²) in [5.74, 6) is -0.140. The maximum absolute atomic E-state index is 12.6. The Hall–Kier alpha value is -3.01. The van der Waals surface area contributed by atoms with E-state index in [-0.39, 0.29) is 11.9 Å². The van der Waals surface area contributed by atoms with Gasteiger partial charge in [-0.05, 0) is 45.0 Å². The third-order valence-corrected chi connectivity index (χ3v) is 4.16. The molecule has 0 saturated carbocycles. The van der Waals surface area contributed by atoms with Crippen molar-refractivity contribution >= 4 is 5.91 Å². The highest BCUT2D eigenvalue weighted by molar-refractivity contribution is 5.95. The number of carbonyl (C=O) groups excluding carboxylic acids is 1. The van der Waals surface area contributed by atoms with Gasteiger partial charge in [0.2, 0.25) is 0 Å². The summed E-state index contributed by atoms with van der Waals surface area (Å²) in [7, 11) is 0. The lowest BCUT2D eigenvalue weighted by Gasteiger charge is -2.14. The van der Waals surface area contributed by atoms with E-state index in [0.29, 0.717) is 11.3 Å². The van der Waals surface area contributed by atoms with Crippen LogP contribution >= 0.6 is 0 Å². The number of pyridine rings is 2. The molecule has 0 saturated heterocycles. The molecular weight excluding hydrogens is 310 g/mol. The molecule has 0 radical (unpaired) electrons. The average molecular weight is 331 g/mol. The summed E-state index contributed by atoms with van der Waals surface area (Å²) >= 11 is 0. The number of aryl methyl sites for hydroxylation is 2. The van der Waals surface area contributed by atoms with Crippen LogP contribution in [0.5, 0.6) is 0 Å². The number of hydrogen-bond acceptors (Lipinski definition) is 3. The zero-order valence-corrected chi connectivity index (χ0v) is 14.7. The minimum absolute atomic E-state index is 0.140. The van der Waals surface area contributed by atoms with Crippen molar-refractivity contribution in [3.8, 4) is 11.3 Å². The number of benzene rings is 1. The Bertz CT molecular complexity index is 873. The van der Waals surface area contributed by atoms with E-state index in [1.165, 1.54) is 5.56 Å². The molecule has 1 N–H and O–H groups in total. The Balaban J connectivity index is 1.78. The number of aromatic nitrogens is 2. The molecule has 1 unspecified atom stereocenters. The lowest BCUT2D eigenvalue weighted by molar-refractivity contribution is 0.0938. The molecule has 3 rings (SSSR count). The van der Waals surface area contributed by atoms with Crippen LogP contribution in [-0.4, -0.2) is 15.9 Å². The highest BCUT2D eigenvalue weighted by Gasteiger charge is 2.15. The van der Waals surface area contributed by atoms with Crippen molar-refractivity contribution in [2.45, 2.75) is 26.8 Å². The summed E-state index contributed by atoms with van der Waals surface area (Å²) in [4.78, 5) is 21.4. The van der Waals surface area contributed by atoms with E-state index in [9.17, 15) is 4.79 Å². The maximum atomic E-state index is 12.6. The fraction of sp³-hybridized carbons (Fsp3) is 0.190. The van der Waals surface area contributed by atoms with Crippen molar-refractivity contribution in [1.82, 2.24) is 15.3 Å². The first-order valence-electron chi connectivity index (χ1n) is 8.31. The number of rotatable bonds is 4. The van der Waals surface area contributed by atoms with Gasteiger partial charge < -0.3 is 5.32 Å². The van der Waals surface area contributed by atoms with E-state index >= 15 is 0 Å². The third kappa shape index (κ3) is 3.91. The number of hydrogen-bond donors (Lipinski definition) is 1. The number of amides is 1. The molecule has 0 aliphatic heterocycles. The Morgan fingerprint density at radius 2 is 1.76 bits per heavy atom. The summed E-state index contributed by atoms with van der Waals surface area (Å²) in [5.41, 5.74) is 5.24. The fourth-order valence-corrected chi connectivity index (χ4v) is 2.67. The minimum Gasteiger partial charge on any atom is -0.344 e. The topological polar surface area (TPSA) is 54.9 Å². The van der Waals surface area contributed by atoms with E-state index in [2.05, 4.69) is 34.3 Å². The number of nitrogens with zero attached hydrogens (tertiary/aromatic N) is 2. The van der Waals surface area contributed by atoms with Gasteiger partial charge in [-0.1, -0.05) is 35.9 Å². The molecule has 1 aromatic carbocycles. The van der Waals surface area contributed by atoms with Gasteiger partial charge in [0.1, 0.15) is 0 Å². The first-order chi connectivity index (χ1) is 12.0. The predicted molar refractivity (Wildman–Crippen MR) is 99.3 cm³/mol. The Kier molecular flexibility index (Phi) is 4.89. The molecule has 0 fully saturated rings. The van der Waals surface area contributed by atoms with Gasteiger partial charge in [0.05, 0.1) is 28.7 Å². The third-order valence-electron chi connectivity index (χ3n) is 4.16. The number of nitrogens with one attached hydrogen (secondary N) is 1. The molecule has 126 valence electrons. The van der Waals surface area contributed by atoms with Crippen LogP contribution in [0.4, 0.5) is 0 Å². The monoisotopic (exact) mass is 331 g/mol. The summed E-state index contributed by atoms with van der Waals surface area (Å²) in [6.45, 7) is 5.83. The van der Waals surface area contributed by atoms with Gasteiger partial charge in [0, 0.05) is 11.8 Å². The van der Waals surface area contributed by atoms with Crippen molar-refractivity contribution in [1.29, 1.82) is 0 Å². The molecule has 1 atom stereocenters. The van der Waals surface area contributed by atoms with Gasteiger partial charge in [-0.25, -0.2) is 0 Å². The normalized spacial score (nSPS) is 11.8. The second kappa shape index (κ2) is 7.26. The average Bonchev–Trinajstić information content (AvgIpc) is 2.62. The van der Waals surface area contributed by atoms with Crippen LogP contribution in [0.2, 0.25) is 0 Å². The lowest BCUT2D eigenvalue weighted by Crippen LogP contribution is -2.28. The fourth-order valence-electron chi connectivity index (χ4n) is 2.67. The van der Waals surface area contributed by atoms with Gasteiger partial charge in [0.15, 0.2) is 0 Å². The maximum Gasteiger partial charge on any atom is 0.253 e. The smallest absolute Gasteiger partial charge is 0.253 e. The van der Waals surface area contributed by atoms with Gasteiger partial charge in [0.25, 0.3) is 5.91 Å². The van der Waals surface area contributed by atoms with E-state index in [1.807, 2.05) is 56.3 Å². The summed E-state index contributed by atoms with van der Waals surface area (Å²) < 4.78 is 0. The first kappa shape index (κ1) is 16.8. The van der Waals surface area contributed by atoms with E-state index in [0.717, 1.165) is 17.0 Å². The Morgan fingerprint density at radius 1 is 1.00 bits per heavy atom. The molecule has 1 amide bonds. The summed E-state index contributed by atoms with van der Waals surface area (Å²) in [6, 6.07) is 17.4. The molecular formula is C21H21N3O. The molecule has 0 spiro atoms. The molecule has 25 heavy (non-hydrogen) atoms. The standard InChI is InChI=1S/C21H21N3O/c1-14-7-9-17(10-8-14)20-12-11-18(15(2)23-20)21(25)24-16(3)19-6-4-5-13-22-19/h4-13,16H,1-3H3,(H,24,25). The molecule has 3 aromatic rings. The highest BCUT2D eigenvalue weighted by Crippen LogP contribution is 2.20. The van der Waals surface area contributed by atoms with Crippen molar-refractivity contribution in [2.75, 3.05) is 0 Å². The quantitative estimate of drug-likeness (QED) is 0.777. The first-order valence-corrected chi connectivity index (χ1v) is 8.31. The molecule has 0 bridgehead atoms. The molecule has 4 nitrogen and oxygen atoms in total. The largest absolute Gasteiger partial charge is 0.344 e. The zero-order valence-electron chi connectivity index (χ0n) is 14.7. The van der Waals surface area contributed by atoms with Crippen molar-refractivity contribution in [3.63, 3.8) is 0 Å². The molecule has 0 aliphatic rings. The van der Waals surface area contributed by atoms with Crippen LogP contribution in [0.25, 0.3) is 11.3 Å². The minimum atomic E-state index is -0.162. The Morgan fingerprint density at radius 3 is 2.40 bits per heavy atom. The zero-order chi connectivity index (χ0) is 17.8. The molecule has 2 aromatic heterocycles. The summed E-state index contributed by atoms with van der Waals surface area (Å²) in [5, 5.41) is 2.98. The molecule has 4 heteroatoms. The van der Waals surface area contributed by atoms with E-state index in [1.54, 1.807) is 6.20 Å². The predicted octanol–water partition coefficient (Wildman–Crippen LogP) is 4.25.